The third-order valence-corrected chi connectivity index (χ3v) is 1.67. The summed E-state index contributed by atoms with van der Waals surface area (Å²) >= 11 is 0. The molecular weight excluding hydrogens is 154 g/mol. The molecule has 0 fully saturated rings. The zero-order valence-electron chi connectivity index (χ0n) is 6.78. The van der Waals surface area contributed by atoms with Crippen molar-refractivity contribution in [1.82, 2.24) is 4.98 Å². The number of hydrogen-bond acceptors (Lipinski definition) is 3. The largest absolute Gasteiger partial charge is 0.446 e. The topological polar surface area (TPSA) is 35.3 Å². The lowest BCUT2D eigenvalue weighted by molar-refractivity contribution is 0.184. The highest BCUT2D eigenvalue weighted by atomic mass is 16.5. The van der Waals surface area contributed by atoms with Gasteiger partial charge in [0.1, 0.15) is 0 Å². The molecule has 0 aliphatic rings. The number of fused-ring (bicyclic) bond motifs is 1. The standard InChI is InChI=1S/C9H9NO2/c1-11-6-7-4-8-2-3-12-9(8)10-5-7/h2-5H,6H2,1H3. The Morgan fingerprint density at radius 2 is 2.50 bits per heavy atom. The van der Waals surface area contributed by atoms with E-state index in [9.17, 15) is 0 Å². The first-order valence-corrected chi connectivity index (χ1v) is 3.71. The van der Waals surface area contributed by atoms with Gasteiger partial charge in [-0.3, -0.25) is 0 Å². The van der Waals surface area contributed by atoms with Crippen molar-refractivity contribution in [3.63, 3.8) is 0 Å². The third kappa shape index (κ3) is 1.19. The number of ether oxygens (including phenoxy) is 1. The molecule has 0 atom stereocenters. The van der Waals surface area contributed by atoms with E-state index in [0.717, 1.165) is 10.9 Å². The van der Waals surface area contributed by atoms with Gasteiger partial charge in [-0.15, -0.1) is 0 Å². The molecule has 0 aliphatic carbocycles. The molecule has 0 radical (unpaired) electrons. The van der Waals surface area contributed by atoms with Gasteiger partial charge in [-0.05, 0) is 17.7 Å². The molecule has 0 N–H and O–H groups in total. The Kier molecular flexibility index (Phi) is 1.80. The van der Waals surface area contributed by atoms with Crippen LogP contribution < -0.4 is 0 Å². The average molecular weight is 163 g/mol. The van der Waals surface area contributed by atoms with Crippen LogP contribution in [0.2, 0.25) is 0 Å². The van der Waals surface area contributed by atoms with Gasteiger partial charge in [-0.1, -0.05) is 0 Å². The van der Waals surface area contributed by atoms with E-state index in [-0.39, 0.29) is 0 Å². The smallest absolute Gasteiger partial charge is 0.225 e. The molecule has 0 unspecified atom stereocenters. The molecule has 0 spiro atoms. The average Bonchev–Trinajstić information content (AvgIpc) is 2.51. The molecular formula is C9H9NO2. The van der Waals surface area contributed by atoms with E-state index in [1.807, 2.05) is 12.1 Å². The van der Waals surface area contributed by atoms with Crippen molar-refractivity contribution in [3.05, 3.63) is 30.2 Å². The van der Waals surface area contributed by atoms with Crippen LogP contribution in [0.1, 0.15) is 5.56 Å². The van der Waals surface area contributed by atoms with Gasteiger partial charge in [0, 0.05) is 18.7 Å². The number of pyridine rings is 1. The molecule has 0 aliphatic heterocycles. The predicted octanol–water partition coefficient (Wildman–Crippen LogP) is 1.97. The van der Waals surface area contributed by atoms with Crippen LogP contribution >= 0.6 is 0 Å². The van der Waals surface area contributed by atoms with Crippen LogP contribution in [0.4, 0.5) is 0 Å². The summed E-state index contributed by atoms with van der Waals surface area (Å²) in [6.45, 7) is 0.591. The maximum absolute atomic E-state index is 5.10. The summed E-state index contributed by atoms with van der Waals surface area (Å²) in [6.07, 6.45) is 3.39. The van der Waals surface area contributed by atoms with Crippen molar-refractivity contribution in [1.29, 1.82) is 0 Å². The number of furan rings is 1. The summed E-state index contributed by atoms with van der Waals surface area (Å²) in [5, 5.41) is 1.02. The number of aromatic nitrogens is 1. The van der Waals surface area contributed by atoms with E-state index in [1.165, 1.54) is 0 Å². The highest BCUT2D eigenvalue weighted by Gasteiger charge is 1.98. The van der Waals surface area contributed by atoms with E-state index in [0.29, 0.717) is 12.3 Å². The van der Waals surface area contributed by atoms with Gasteiger partial charge in [0.05, 0.1) is 12.9 Å². The van der Waals surface area contributed by atoms with E-state index in [4.69, 9.17) is 9.15 Å². The van der Waals surface area contributed by atoms with Crippen molar-refractivity contribution in [2.45, 2.75) is 6.61 Å². The number of nitrogens with zero attached hydrogens (tertiary/aromatic N) is 1. The van der Waals surface area contributed by atoms with Crippen LogP contribution in [0, 0.1) is 0 Å². The summed E-state index contributed by atoms with van der Waals surface area (Å²) < 4.78 is 10.1. The molecule has 0 amide bonds. The molecule has 0 aromatic carbocycles. The predicted molar refractivity (Wildman–Crippen MR) is 44.7 cm³/mol. The Morgan fingerprint density at radius 1 is 1.58 bits per heavy atom. The van der Waals surface area contributed by atoms with Gasteiger partial charge in [-0.2, -0.15) is 0 Å². The van der Waals surface area contributed by atoms with Crippen LogP contribution in [0.5, 0.6) is 0 Å². The summed E-state index contributed by atoms with van der Waals surface area (Å²) in [5.41, 5.74) is 1.74. The Balaban J connectivity index is 2.46. The highest BCUT2D eigenvalue weighted by molar-refractivity contribution is 5.73. The SMILES string of the molecule is COCc1cnc2occc2c1. The Morgan fingerprint density at radius 3 is 3.33 bits per heavy atom. The fourth-order valence-corrected chi connectivity index (χ4v) is 1.15. The molecule has 3 heteroatoms. The fraction of sp³-hybridized carbons (Fsp3) is 0.222. The van der Waals surface area contributed by atoms with Crippen LogP contribution in [0.15, 0.2) is 29.0 Å². The van der Waals surface area contributed by atoms with Gasteiger partial charge >= 0.3 is 0 Å². The quantitative estimate of drug-likeness (QED) is 0.679. The summed E-state index contributed by atoms with van der Waals surface area (Å²) in [4.78, 5) is 4.11. The fourth-order valence-electron chi connectivity index (χ4n) is 1.15. The van der Waals surface area contributed by atoms with E-state index >= 15 is 0 Å². The van der Waals surface area contributed by atoms with Gasteiger partial charge in [0.2, 0.25) is 5.71 Å². The number of hydrogen-bond donors (Lipinski definition) is 0. The molecule has 2 aromatic heterocycles. The second-order valence-corrected chi connectivity index (χ2v) is 2.59. The lowest BCUT2D eigenvalue weighted by atomic mass is 10.2. The normalized spacial score (nSPS) is 10.8. The van der Waals surface area contributed by atoms with Crippen LogP contribution in [-0.2, 0) is 11.3 Å². The van der Waals surface area contributed by atoms with E-state index in [2.05, 4.69) is 4.98 Å². The Bertz CT molecular complexity index is 381. The van der Waals surface area contributed by atoms with Crippen molar-refractivity contribution in [2.24, 2.45) is 0 Å². The van der Waals surface area contributed by atoms with Gasteiger partial charge < -0.3 is 9.15 Å². The highest BCUT2D eigenvalue weighted by Crippen LogP contribution is 2.14. The van der Waals surface area contributed by atoms with E-state index in [1.54, 1.807) is 19.6 Å². The van der Waals surface area contributed by atoms with Gasteiger partial charge in [0.15, 0.2) is 0 Å². The maximum atomic E-state index is 5.10. The molecule has 3 nitrogen and oxygen atoms in total. The number of methoxy groups -OCH3 is 1. The Labute approximate surface area is 70.0 Å². The van der Waals surface area contributed by atoms with Crippen LogP contribution in [0.25, 0.3) is 11.1 Å². The van der Waals surface area contributed by atoms with E-state index < -0.39 is 0 Å². The molecule has 12 heavy (non-hydrogen) atoms. The summed E-state index contributed by atoms with van der Waals surface area (Å²) in [6, 6.07) is 3.90. The number of rotatable bonds is 2. The Hall–Kier alpha value is -1.35. The molecule has 0 saturated carbocycles. The van der Waals surface area contributed by atoms with Crippen molar-refractivity contribution >= 4 is 11.1 Å². The second-order valence-electron chi connectivity index (χ2n) is 2.59. The first kappa shape index (κ1) is 7.31. The minimum atomic E-state index is 0.591. The maximum Gasteiger partial charge on any atom is 0.225 e. The molecule has 2 aromatic rings. The van der Waals surface area contributed by atoms with Gasteiger partial charge in [-0.25, -0.2) is 4.98 Å². The molecule has 2 rings (SSSR count). The minimum absolute atomic E-state index is 0.591. The van der Waals surface area contributed by atoms with Crippen LogP contribution in [0.3, 0.4) is 0 Å². The van der Waals surface area contributed by atoms with Gasteiger partial charge in [0.25, 0.3) is 0 Å². The van der Waals surface area contributed by atoms with Crippen molar-refractivity contribution < 1.29 is 9.15 Å². The monoisotopic (exact) mass is 163 g/mol. The lowest BCUT2D eigenvalue weighted by Gasteiger charge is -1.96. The third-order valence-electron chi connectivity index (χ3n) is 1.67. The van der Waals surface area contributed by atoms with Crippen molar-refractivity contribution in [3.8, 4) is 0 Å². The van der Waals surface area contributed by atoms with Crippen LogP contribution in [-0.4, -0.2) is 12.1 Å². The lowest BCUT2D eigenvalue weighted by Crippen LogP contribution is -1.87. The summed E-state index contributed by atoms with van der Waals surface area (Å²) in [5.74, 6) is 0. The first-order valence-electron chi connectivity index (χ1n) is 3.71. The second kappa shape index (κ2) is 2.95. The zero-order valence-corrected chi connectivity index (χ0v) is 6.78. The zero-order chi connectivity index (χ0) is 8.39. The van der Waals surface area contributed by atoms with Crippen molar-refractivity contribution in [2.75, 3.05) is 7.11 Å². The summed E-state index contributed by atoms with van der Waals surface area (Å²) in [7, 11) is 1.67. The molecule has 0 saturated heterocycles. The molecule has 62 valence electrons. The first-order chi connectivity index (χ1) is 5.90. The molecule has 0 bridgehead atoms. The minimum Gasteiger partial charge on any atom is -0.446 e. The molecule has 2 heterocycles.